The number of esters is 2. The zero-order valence-electron chi connectivity index (χ0n) is 24.9. The highest BCUT2D eigenvalue weighted by Crippen LogP contribution is 2.40. The average Bonchev–Trinajstić information content (AvgIpc) is 3.32. The van der Waals surface area contributed by atoms with Crippen LogP contribution in [0.5, 0.6) is 0 Å². The van der Waals surface area contributed by atoms with E-state index >= 15 is 0 Å². The molecule has 0 bridgehead atoms. The van der Waals surface area contributed by atoms with E-state index in [0.29, 0.717) is 0 Å². The number of H-pyrrole nitrogens is 1. The Labute approximate surface area is 230 Å². The Morgan fingerprint density at radius 1 is 1.03 bits per heavy atom. The Morgan fingerprint density at radius 3 is 2.08 bits per heavy atom. The van der Waals surface area contributed by atoms with Gasteiger partial charge in [0.25, 0.3) is 5.56 Å². The number of imidazole rings is 1. The van der Waals surface area contributed by atoms with E-state index in [1.54, 1.807) is 41.5 Å². The van der Waals surface area contributed by atoms with Gasteiger partial charge >= 0.3 is 11.9 Å². The number of nitrogens with two attached hydrogens (primary N) is 1. The summed E-state index contributed by atoms with van der Waals surface area (Å²) >= 11 is 0. The van der Waals surface area contributed by atoms with E-state index in [0.717, 1.165) is 0 Å². The number of ether oxygens (including phenoxy) is 3. The van der Waals surface area contributed by atoms with Crippen LogP contribution < -0.4 is 11.3 Å². The van der Waals surface area contributed by atoms with Crippen LogP contribution in [0, 0.1) is 10.8 Å². The Kier molecular flexibility index (Phi) is 8.14. The zero-order valence-corrected chi connectivity index (χ0v) is 25.9. The second-order valence-corrected chi connectivity index (χ2v) is 18.5. The molecular formula is C26H43N5O7Si. The summed E-state index contributed by atoms with van der Waals surface area (Å²) in [6.45, 7) is 21.1. The van der Waals surface area contributed by atoms with Gasteiger partial charge in [-0.15, -0.1) is 0 Å². The molecule has 2 aromatic rings. The van der Waals surface area contributed by atoms with Crippen molar-refractivity contribution in [2.45, 2.75) is 105 Å². The first-order chi connectivity index (χ1) is 17.6. The van der Waals surface area contributed by atoms with Gasteiger partial charge in [-0.2, -0.15) is 4.98 Å². The fourth-order valence-electron chi connectivity index (χ4n) is 3.57. The van der Waals surface area contributed by atoms with Crippen LogP contribution in [0.2, 0.25) is 18.1 Å². The number of nitrogens with one attached hydrogen (secondary N) is 1. The van der Waals surface area contributed by atoms with E-state index in [9.17, 15) is 14.4 Å². The monoisotopic (exact) mass is 565 g/mol. The van der Waals surface area contributed by atoms with Crippen LogP contribution in [-0.4, -0.2) is 64.7 Å². The molecule has 2 aromatic heterocycles. The topological polar surface area (TPSA) is 161 Å². The van der Waals surface area contributed by atoms with Gasteiger partial charge in [0.15, 0.2) is 37.9 Å². The van der Waals surface area contributed by atoms with Crippen molar-refractivity contribution in [1.82, 2.24) is 19.5 Å². The summed E-state index contributed by atoms with van der Waals surface area (Å²) in [5.41, 5.74) is 3.79. The van der Waals surface area contributed by atoms with E-state index in [1.807, 2.05) is 0 Å². The largest absolute Gasteiger partial charge is 0.455 e. The summed E-state index contributed by atoms with van der Waals surface area (Å²) in [4.78, 5) is 49.5. The average molecular weight is 566 g/mol. The standard InChI is InChI=1S/C26H43N5O7Si/c1-24(2,3)21(33)37-16-14(12-35-39(10,11)26(7,8)9)36-20(17(16)38-22(34)25(4,5)6)31-13-28-15-18(31)29-23(27)30-19(15)32/h13-14,16-17,20H,12H2,1-11H3,(H3,27,29,30,32)/t14-,16-,17-,20-/m1/s1. The summed E-state index contributed by atoms with van der Waals surface area (Å²) in [5, 5.41) is -0.0796. The van der Waals surface area contributed by atoms with E-state index < -0.39 is 61.2 Å². The molecule has 0 saturated carbocycles. The zero-order chi connectivity index (χ0) is 29.7. The number of nitrogen functional groups attached to an aromatic ring is 1. The lowest BCUT2D eigenvalue weighted by molar-refractivity contribution is -0.178. The van der Waals surface area contributed by atoms with Crippen molar-refractivity contribution in [2.24, 2.45) is 10.8 Å². The second kappa shape index (κ2) is 10.3. The predicted molar refractivity (Wildman–Crippen MR) is 148 cm³/mol. The van der Waals surface area contributed by atoms with Gasteiger partial charge in [-0.3, -0.25) is 23.9 Å². The van der Waals surface area contributed by atoms with E-state index in [4.69, 9.17) is 24.4 Å². The molecule has 4 atom stereocenters. The summed E-state index contributed by atoms with van der Waals surface area (Å²) < 4.78 is 26.4. The van der Waals surface area contributed by atoms with Gasteiger partial charge in [0, 0.05) is 0 Å². The van der Waals surface area contributed by atoms with Crippen molar-refractivity contribution < 1.29 is 28.2 Å². The van der Waals surface area contributed by atoms with Crippen molar-refractivity contribution in [1.29, 1.82) is 0 Å². The molecule has 1 saturated heterocycles. The molecule has 218 valence electrons. The summed E-state index contributed by atoms with van der Waals surface area (Å²) in [6, 6.07) is 0. The molecule has 0 aromatic carbocycles. The molecule has 0 spiro atoms. The number of aromatic amines is 1. The lowest BCUT2D eigenvalue weighted by Gasteiger charge is -2.37. The van der Waals surface area contributed by atoms with Crippen molar-refractivity contribution >= 4 is 37.4 Å². The molecule has 0 amide bonds. The van der Waals surface area contributed by atoms with Gasteiger partial charge in [-0.05, 0) is 59.7 Å². The molecule has 12 nitrogen and oxygen atoms in total. The number of carbonyl (C=O) groups excluding carboxylic acids is 2. The number of rotatable bonds is 6. The number of nitrogens with zero attached hydrogens (tertiary/aromatic N) is 3. The first-order valence-corrected chi connectivity index (χ1v) is 16.0. The summed E-state index contributed by atoms with van der Waals surface area (Å²) in [7, 11) is -2.23. The molecule has 0 unspecified atom stereocenters. The number of carbonyl (C=O) groups is 2. The number of hydrogen-bond donors (Lipinski definition) is 2. The number of anilines is 1. The minimum absolute atomic E-state index is 0.0397. The third kappa shape index (κ3) is 6.52. The van der Waals surface area contributed by atoms with Gasteiger partial charge in [0.1, 0.15) is 6.10 Å². The maximum absolute atomic E-state index is 13.1. The van der Waals surface area contributed by atoms with Crippen LogP contribution in [0.1, 0.15) is 68.5 Å². The smallest absolute Gasteiger partial charge is 0.311 e. The Hall–Kier alpha value is -2.77. The van der Waals surface area contributed by atoms with Crippen LogP contribution >= 0.6 is 0 Å². The highest BCUT2D eigenvalue weighted by Gasteiger charge is 2.53. The molecule has 1 aliphatic heterocycles. The lowest BCUT2D eigenvalue weighted by Crippen LogP contribution is -2.47. The van der Waals surface area contributed by atoms with Gasteiger partial charge in [-0.25, -0.2) is 4.98 Å². The Balaban J connectivity index is 2.12. The molecular weight excluding hydrogens is 522 g/mol. The van der Waals surface area contributed by atoms with Gasteiger partial charge in [0.2, 0.25) is 5.95 Å². The molecule has 0 aliphatic carbocycles. The van der Waals surface area contributed by atoms with E-state index in [2.05, 4.69) is 48.8 Å². The third-order valence-corrected chi connectivity index (χ3v) is 11.6. The minimum atomic E-state index is -2.23. The molecule has 39 heavy (non-hydrogen) atoms. The maximum Gasteiger partial charge on any atom is 0.311 e. The predicted octanol–water partition coefficient (Wildman–Crippen LogP) is 3.54. The number of aromatic nitrogens is 4. The molecule has 13 heteroatoms. The first kappa shape index (κ1) is 30.8. The molecule has 1 aliphatic rings. The molecule has 3 rings (SSSR count). The maximum atomic E-state index is 13.1. The van der Waals surface area contributed by atoms with Crippen LogP contribution in [0.15, 0.2) is 11.1 Å². The summed E-state index contributed by atoms with van der Waals surface area (Å²) in [6.07, 6.45) is -2.54. The summed E-state index contributed by atoms with van der Waals surface area (Å²) in [5.74, 6) is -1.11. The number of hydrogen-bond acceptors (Lipinski definition) is 10. The van der Waals surface area contributed by atoms with Gasteiger partial charge < -0.3 is 24.4 Å². The highest BCUT2D eigenvalue weighted by molar-refractivity contribution is 6.74. The van der Waals surface area contributed by atoms with Crippen molar-refractivity contribution in [2.75, 3.05) is 12.3 Å². The van der Waals surface area contributed by atoms with Gasteiger partial charge in [0.05, 0.1) is 23.8 Å². The molecule has 3 N–H and O–H groups in total. The quantitative estimate of drug-likeness (QED) is 0.391. The van der Waals surface area contributed by atoms with Crippen LogP contribution in [0.3, 0.4) is 0 Å². The Morgan fingerprint density at radius 2 is 1.56 bits per heavy atom. The van der Waals surface area contributed by atoms with Crippen molar-refractivity contribution in [3.63, 3.8) is 0 Å². The fraction of sp³-hybridized carbons (Fsp3) is 0.731. The van der Waals surface area contributed by atoms with Gasteiger partial charge in [-0.1, -0.05) is 20.8 Å². The van der Waals surface area contributed by atoms with E-state index in [1.165, 1.54) is 10.9 Å². The van der Waals surface area contributed by atoms with Crippen LogP contribution in [-0.2, 0) is 28.2 Å². The minimum Gasteiger partial charge on any atom is -0.455 e. The van der Waals surface area contributed by atoms with Crippen LogP contribution in [0.4, 0.5) is 5.95 Å². The van der Waals surface area contributed by atoms with Crippen molar-refractivity contribution in [3.05, 3.63) is 16.7 Å². The molecule has 3 heterocycles. The Bertz CT molecular complexity index is 1280. The third-order valence-electron chi connectivity index (χ3n) is 7.14. The molecule has 0 radical (unpaired) electrons. The fourth-order valence-corrected chi connectivity index (χ4v) is 4.58. The highest BCUT2D eigenvalue weighted by atomic mass is 28.4. The normalized spacial score (nSPS) is 22.7. The SMILES string of the molecule is CC(C)(C)C(=O)O[C@@H]1[C@H](OC(=O)C(C)(C)C)[C@@H](CO[Si](C)(C)C(C)(C)C)O[C@H]1n1cnc2c(=O)[nH]c(N)nc21. The van der Waals surface area contributed by atoms with Crippen molar-refractivity contribution in [3.8, 4) is 0 Å². The lowest BCUT2D eigenvalue weighted by atomic mass is 9.96. The first-order valence-electron chi connectivity index (χ1n) is 13.1. The number of fused-ring (bicyclic) bond motifs is 1. The van der Waals surface area contributed by atoms with Crippen LogP contribution in [0.25, 0.3) is 11.2 Å². The molecule has 1 fully saturated rings. The van der Waals surface area contributed by atoms with E-state index in [-0.39, 0.29) is 28.8 Å². The second-order valence-electron chi connectivity index (χ2n) is 13.7.